The van der Waals surface area contributed by atoms with Crippen molar-refractivity contribution in [3.05, 3.63) is 29.8 Å². The van der Waals surface area contributed by atoms with Gasteiger partial charge in [-0.25, -0.2) is 0 Å². The highest BCUT2D eigenvalue weighted by atomic mass is 16.3. The topological polar surface area (TPSA) is 49.5 Å². The zero-order valence-electron chi connectivity index (χ0n) is 10.9. The van der Waals surface area contributed by atoms with Crippen LogP contribution in [0.2, 0.25) is 0 Å². The van der Waals surface area contributed by atoms with Crippen LogP contribution in [0, 0.1) is 0 Å². The number of anilines is 1. The van der Waals surface area contributed by atoms with Gasteiger partial charge in [0.15, 0.2) is 0 Å². The molecule has 0 saturated carbocycles. The number of aliphatic hydroxyl groups is 1. The lowest BCUT2D eigenvalue weighted by atomic mass is 10.1. The summed E-state index contributed by atoms with van der Waals surface area (Å²) in [6.45, 7) is 6.09. The molecule has 0 unspecified atom stereocenters. The van der Waals surface area contributed by atoms with E-state index in [-0.39, 0.29) is 12.6 Å². The lowest BCUT2D eigenvalue weighted by molar-refractivity contribution is 0.302. The SMILES string of the molecule is CCCN(CCO)c1ccc([C@@H](N)CC)cc1. The molecule has 96 valence electrons. The van der Waals surface area contributed by atoms with E-state index >= 15 is 0 Å². The lowest BCUT2D eigenvalue weighted by Crippen LogP contribution is -2.27. The molecule has 1 rings (SSSR count). The molecule has 1 atom stereocenters. The zero-order valence-corrected chi connectivity index (χ0v) is 10.9. The Kier molecular flexibility index (Phi) is 6.01. The molecule has 0 saturated heterocycles. The molecule has 0 radical (unpaired) electrons. The molecule has 0 amide bonds. The summed E-state index contributed by atoms with van der Waals surface area (Å²) < 4.78 is 0. The van der Waals surface area contributed by atoms with Crippen molar-refractivity contribution < 1.29 is 5.11 Å². The van der Waals surface area contributed by atoms with E-state index in [0.29, 0.717) is 6.54 Å². The summed E-state index contributed by atoms with van der Waals surface area (Å²) in [7, 11) is 0. The molecule has 3 N–H and O–H groups in total. The van der Waals surface area contributed by atoms with E-state index in [4.69, 9.17) is 10.8 Å². The van der Waals surface area contributed by atoms with Crippen LogP contribution in [0.5, 0.6) is 0 Å². The standard InChI is InChI=1S/C14H24N2O/c1-3-9-16(10-11-17)13-7-5-12(6-8-13)14(15)4-2/h5-8,14,17H,3-4,9-11,15H2,1-2H3/t14-/m0/s1. The van der Waals surface area contributed by atoms with E-state index in [1.165, 1.54) is 5.56 Å². The van der Waals surface area contributed by atoms with Crippen molar-refractivity contribution in [3.63, 3.8) is 0 Å². The van der Waals surface area contributed by atoms with Gasteiger partial charge in [-0.1, -0.05) is 26.0 Å². The highest BCUT2D eigenvalue weighted by molar-refractivity contribution is 5.48. The molecule has 0 aromatic heterocycles. The van der Waals surface area contributed by atoms with Crippen molar-refractivity contribution in [2.45, 2.75) is 32.7 Å². The average molecular weight is 236 g/mol. The van der Waals surface area contributed by atoms with E-state index in [1.807, 2.05) is 0 Å². The Morgan fingerprint density at radius 3 is 2.29 bits per heavy atom. The molecule has 1 aromatic carbocycles. The molecule has 0 aliphatic heterocycles. The van der Waals surface area contributed by atoms with Crippen LogP contribution in [0.15, 0.2) is 24.3 Å². The Bertz CT molecular complexity index is 305. The van der Waals surface area contributed by atoms with E-state index in [9.17, 15) is 0 Å². The summed E-state index contributed by atoms with van der Waals surface area (Å²) in [5.41, 5.74) is 8.32. The van der Waals surface area contributed by atoms with Crippen LogP contribution in [-0.4, -0.2) is 24.8 Å². The van der Waals surface area contributed by atoms with Gasteiger partial charge in [0.1, 0.15) is 0 Å². The smallest absolute Gasteiger partial charge is 0.0606 e. The Hall–Kier alpha value is -1.06. The third-order valence-electron chi connectivity index (χ3n) is 2.99. The highest BCUT2D eigenvalue weighted by Gasteiger charge is 2.06. The van der Waals surface area contributed by atoms with Crippen molar-refractivity contribution in [1.29, 1.82) is 0 Å². The summed E-state index contributed by atoms with van der Waals surface area (Å²) in [5, 5.41) is 9.04. The summed E-state index contributed by atoms with van der Waals surface area (Å²) >= 11 is 0. The number of nitrogens with two attached hydrogens (primary N) is 1. The molecule has 0 spiro atoms. The number of hydrogen-bond donors (Lipinski definition) is 2. The first-order chi connectivity index (χ1) is 8.22. The van der Waals surface area contributed by atoms with Gasteiger partial charge >= 0.3 is 0 Å². The fourth-order valence-electron chi connectivity index (χ4n) is 1.93. The number of nitrogens with zero attached hydrogens (tertiary/aromatic N) is 1. The zero-order chi connectivity index (χ0) is 12.7. The van der Waals surface area contributed by atoms with Gasteiger partial charge in [-0.2, -0.15) is 0 Å². The first kappa shape index (κ1) is 14.0. The first-order valence-electron chi connectivity index (χ1n) is 6.44. The second-order valence-electron chi connectivity index (χ2n) is 4.32. The first-order valence-corrected chi connectivity index (χ1v) is 6.44. The van der Waals surface area contributed by atoms with Crippen LogP contribution in [0.4, 0.5) is 5.69 Å². The molecule has 0 aliphatic carbocycles. The molecule has 0 fully saturated rings. The fourth-order valence-corrected chi connectivity index (χ4v) is 1.93. The fraction of sp³-hybridized carbons (Fsp3) is 0.571. The van der Waals surface area contributed by atoms with Crippen LogP contribution in [0.25, 0.3) is 0 Å². The van der Waals surface area contributed by atoms with Gasteiger partial charge in [-0.15, -0.1) is 0 Å². The summed E-state index contributed by atoms with van der Waals surface area (Å²) in [6, 6.07) is 8.49. The van der Waals surface area contributed by atoms with Crippen LogP contribution < -0.4 is 10.6 Å². The Morgan fingerprint density at radius 2 is 1.82 bits per heavy atom. The largest absolute Gasteiger partial charge is 0.395 e. The van der Waals surface area contributed by atoms with Gasteiger partial charge in [0.2, 0.25) is 0 Å². The van der Waals surface area contributed by atoms with E-state index in [1.54, 1.807) is 0 Å². The summed E-state index contributed by atoms with van der Waals surface area (Å²) in [4.78, 5) is 2.20. The Labute approximate surface area is 104 Å². The average Bonchev–Trinajstić information content (AvgIpc) is 2.38. The molecular formula is C14H24N2O. The van der Waals surface area contributed by atoms with Crippen molar-refractivity contribution in [2.75, 3.05) is 24.6 Å². The van der Waals surface area contributed by atoms with Crippen LogP contribution in [-0.2, 0) is 0 Å². The van der Waals surface area contributed by atoms with Crippen molar-refractivity contribution >= 4 is 5.69 Å². The monoisotopic (exact) mass is 236 g/mol. The minimum Gasteiger partial charge on any atom is -0.395 e. The van der Waals surface area contributed by atoms with Crippen LogP contribution >= 0.6 is 0 Å². The van der Waals surface area contributed by atoms with Gasteiger partial charge in [0.25, 0.3) is 0 Å². The number of hydrogen-bond acceptors (Lipinski definition) is 3. The Morgan fingerprint density at radius 1 is 1.18 bits per heavy atom. The third-order valence-corrected chi connectivity index (χ3v) is 2.99. The number of benzene rings is 1. The lowest BCUT2D eigenvalue weighted by Gasteiger charge is -2.24. The quantitative estimate of drug-likeness (QED) is 0.763. The molecule has 3 nitrogen and oxygen atoms in total. The molecule has 17 heavy (non-hydrogen) atoms. The van der Waals surface area contributed by atoms with Crippen LogP contribution in [0.1, 0.15) is 38.3 Å². The van der Waals surface area contributed by atoms with E-state index in [0.717, 1.165) is 25.1 Å². The van der Waals surface area contributed by atoms with Gasteiger partial charge in [-0.3, -0.25) is 0 Å². The van der Waals surface area contributed by atoms with E-state index in [2.05, 4.69) is 43.0 Å². The molecule has 1 aromatic rings. The van der Waals surface area contributed by atoms with Crippen LogP contribution in [0.3, 0.4) is 0 Å². The predicted octanol–water partition coefficient (Wildman–Crippen LogP) is 2.31. The maximum atomic E-state index is 9.04. The number of aliphatic hydroxyl groups excluding tert-OH is 1. The van der Waals surface area contributed by atoms with Crippen molar-refractivity contribution in [3.8, 4) is 0 Å². The number of rotatable bonds is 7. The molecule has 0 heterocycles. The van der Waals surface area contributed by atoms with Crippen molar-refractivity contribution in [1.82, 2.24) is 0 Å². The van der Waals surface area contributed by atoms with Gasteiger partial charge < -0.3 is 15.7 Å². The summed E-state index contributed by atoms with van der Waals surface area (Å²) in [6.07, 6.45) is 2.03. The molecule has 3 heteroatoms. The summed E-state index contributed by atoms with van der Waals surface area (Å²) in [5.74, 6) is 0. The molecule has 0 aliphatic rings. The van der Waals surface area contributed by atoms with Gasteiger partial charge in [0.05, 0.1) is 6.61 Å². The second-order valence-corrected chi connectivity index (χ2v) is 4.32. The van der Waals surface area contributed by atoms with Gasteiger partial charge in [0, 0.05) is 24.8 Å². The van der Waals surface area contributed by atoms with Gasteiger partial charge in [-0.05, 0) is 30.5 Å². The Balaban J connectivity index is 2.76. The highest BCUT2D eigenvalue weighted by Crippen LogP contribution is 2.19. The second kappa shape index (κ2) is 7.30. The maximum absolute atomic E-state index is 9.04. The predicted molar refractivity (Wildman–Crippen MR) is 73.3 cm³/mol. The normalized spacial score (nSPS) is 12.5. The minimum absolute atomic E-state index is 0.126. The molecule has 0 bridgehead atoms. The van der Waals surface area contributed by atoms with E-state index < -0.39 is 0 Å². The minimum atomic E-state index is 0.126. The molecular weight excluding hydrogens is 212 g/mol. The third kappa shape index (κ3) is 4.02. The maximum Gasteiger partial charge on any atom is 0.0606 e. The van der Waals surface area contributed by atoms with Crippen molar-refractivity contribution in [2.24, 2.45) is 5.73 Å².